The Hall–Kier alpha value is -0.460. The number of piperazine rings is 1. The maximum absolute atomic E-state index is 4.25. The molecule has 0 aliphatic carbocycles. The summed E-state index contributed by atoms with van der Waals surface area (Å²) < 4.78 is 1.85. The van der Waals surface area contributed by atoms with Gasteiger partial charge in [-0.1, -0.05) is 15.9 Å². The van der Waals surface area contributed by atoms with Crippen LogP contribution >= 0.6 is 15.9 Å². The van der Waals surface area contributed by atoms with E-state index in [4.69, 9.17) is 0 Å². The average molecular weight is 288 g/mol. The molecule has 1 saturated heterocycles. The first-order valence-electron chi connectivity index (χ1n) is 5.63. The van der Waals surface area contributed by atoms with Gasteiger partial charge in [-0.05, 0) is 0 Å². The fraction of sp³-hybridized carbons (Fsp3) is 0.800. The van der Waals surface area contributed by atoms with E-state index in [-0.39, 0.29) is 0 Å². The summed E-state index contributed by atoms with van der Waals surface area (Å²) in [5.74, 6) is 1.05. The van der Waals surface area contributed by atoms with Crippen LogP contribution in [-0.2, 0) is 13.6 Å². The van der Waals surface area contributed by atoms with E-state index in [1.54, 1.807) is 6.33 Å². The highest BCUT2D eigenvalue weighted by Gasteiger charge is 2.17. The molecule has 1 aromatic rings. The number of nitrogens with zero attached hydrogens (tertiary/aromatic N) is 5. The largest absolute Gasteiger partial charge is 0.300 e. The molecule has 0 radical (unpaired) electrons. The first-order chi connectivity index (χ1) is 7.79. The summed E-state index contributed by atoms with van der Waals surface area (Å²) in [6.07, 6.45) is 1.62. The molecule has 0 spiro atoms. The molecule has 16 heavy (non-hydrogen) atoms. The predicted octanol–water partition coefficient (Wildman–Crippen LogP) is 0.328. The fourth-order valence-corrected chi connectivity index (χ4v) is 2.46. The quantitative estimate of drug-likeness (QED) is 0.748. The summed E-state index contributed by atoms with van der Waals surface area (Å²) in [5.41, 5.74) is 0. The minimum absolute atomic E-state index is 0.915. The number of alkyl halides is 1. The summed E-state index contributed by atoms with van der Waals surface area (Å²) in [6.45, 7) is 6.63. The third kappa shape index (κ3) is 3.02. The van der Waals surface area contributed by atoms with Crippen LogP contribution in [0.5, 0.6) is 0 Å². The number of hydrogen-bond acceptors (Lipinski definition) is 4. The van der Waals surface area contributed by atoms with Crippen LogP contribution < -0.4 is 0 Å². The van der Waals surface area contributed by atoms with Crippen LogP contribution in [0.4, 0.5) is 0 Å². The summed E-state index contributed by atoms with van der Waals surface area (Å²) in [6, 6.07) is 0. The van der Waals surface area contributed by atoms with Crippen LogP contribution in [0.1, 0.15) is 5.82 Å². The highest BCUT2D eigenvalue weighted by molar-refractivity contribution is 9.09. The standard InChI is InChI=1S/C10H18BrN5/c1-14-10(12-9-13-14)8-16-6-4-15(3-2-11)5-7-16/h9H,2-8H2,1H3. The van der Waals surface area contributed by atoms with E-state index in [2.05, 4.69) is 35.8 Å². The summed E-state index contributed by atoms with van der Waals surface area (Å²) in [5, 5.41) is 5.15. The van der Waals surface area contributed by atoms with Gasteiger partial charge >= 0.3 is 0 Å². The topological polar surface area (TPSA) is 37.2 Å². The van der Waals surface area contributed by atoms with Gasteiger partial charge < -0.3 is 0 Å². The molecular weight excluding hydrogens is 270 g/mol. The SMILES string of the molecule is Cn1ncnc1CN1CCN(CCBr)CC1. The Bertz CT molecular complexity index is 319. The molecule has 0 amide bonds. The van der Waals surface area contributed by atoms with Crippen molar-refractivity contribution in [2.75, 3.05) is 38.1 Å². The second kappa shape index (κ2) is 5.75. The highest BCUT2D eigenvalue weighted by atomic mass is 79.9. The van der Waals surface area contributed by atoms with Crippen molar-refractivity contribution in [3.05, 3.63) is 12.2 Å². The second-order valence-electron chi connectivity index (χ2n) is 4.11. The lowest BCUT2D eigenvalue weighted by atomic mass is 10.3. The molecule has 1 aromatic heterocycles. The van der Waals surface area contributed by atoms with Crippen molar-refractivity contribution < 1.29 is 0 Å². The smallest absolute Gasteiger partial charge is 0.140 e. The third-order valence-corrected chi connectivity index (χ3v) is 3.39. The molecule has 2 rings (SSSR count). The molecule has 1 aliphatic rings. The van der Waals surface area contributed by atoms with Crippen LogP contribution in [0.25, 0.3) is 0 Å². The van der Waals surface area contributed by atoms with E-state index < -0.39 is 0 Å². The maximum Gasteiger partial charge on any atom is 0.140 e. The normalized spacial score (nSPS) is 19.1. The van der Waals surface area contributed by atoms with Crippen LogP contribution in [0.3, 0.4) is 0 Å². The van der Waals surface area contributed by atoms with Crippen molar-refractivity contribution in [3.8, 4) is 0 Å². The molecule has 1 aliphatic heterocycles. The minimum Gasteiger partial charge on any atom is -0.300 e. The summed E-state index contributed by atoms with van der Waals surface area (Å²) in [7, 11) is 1.95. The molecule has 0 bridgehead atoms. The number of aryl methyl sites for hydroxylation is 1. The van der Waals surface area contributed by atoms with Gasteiger partial charge in [0, 0.05) is 45.1 Å². The third-order valence-electron chi connectivity index (χ3n) is 3.04. The number of rotatable bonds is 4. The lowest BCUT2D eigenvalue weighted by Gasteiger charge is -2.33. The minimum atomic E-state index is 0.915. The fourth-order valence-electron chi connectivity index (χ4n) is 1.95. The van der Waals surface area contributed by atoms with Crippen molar-refractivity contribution in [3.63, 3.8) is 0 Å². The Morgan fingerprint density at radius 2 is 1.94 bits per heavy atom. The van der Waals surface area contributed by atoms with E-state index in [9.17, 15) is 0 Å². The molecule has 0 aromatic carbocycles. The van der Waals surface area contributed by atoms with Crippen molar-refractivity contribution in [1.82, 2.24) is 24.6 Å². The lowest BCUT2D eigenvalue weighted by Crippen LogP contribution is -2.46. The first-order valence-corrected chi connectivity index (χ1v) is 6.75. The van der Waals surface area contributed by atoms with E-state index in [1.807, 2.05) is 11.7 Å². The molecule has 5 nitrogen and oxygen atoms in total. The Kier molecular flexibility index (Phi) is 4.31. The molecule has 6 heteroatoms. The van der Waals surface area contributed by atoms with E-state index in [1.165, 1.54) is 0 Å². The molecule has 0 N–H and O–H groups in total. The summed E-state index contributed by atoms with van der Waals surface area (Å²) in [4.78, 5) is 9.18. The highest BCUT2D eigenvalue weighted by Crippen LogP contribution is 2.06. The second-order valence-corrected chi connectivity index (χ2v) is 4.90. The van der Waals surface area contributed by atoms with Gasteiger partial charge in [0.25, 0.3) is 0 Å². The molecule has 90 valence electrons. The van der Waals surface area contributed by atoms with Gasteiger partial charge in [-0.3, -0.25) is 14.5 Å². The summed E-state index contributed by atoms with van der Waals surface area (Å²) >= 11 is 3.48. The molecule has 0 unspecified atom stereocenters. The molecule has 2 heterocycles. The van der Waals surface area contributed by atoms with Gasteiger partial charge in [0.2, 0.25) is 0 Å². The molecule has 1 fully saturated rings. The molecule has 0 atom stereocenters. The molecular formula is C10H18BrN5. The predicted molar refractivity (Wildman–Crippen MR) is 66.5 cm³/mol. The van der Waals surface area contributed by atoms with Gasteiger partial charge in [-0.2, -0.15) is 5.10 Å². The zero-order valence-electron chi connectivity index (χ0n) is 9.64. The maximum atomic E-state index is 4.25. The zero-order chi connectivity index (χ0) is 11.4. The first kappa shape index (κ1) is 12.0. The Morgan fingerprint density at radius 1 is 1.25 bits per heavy atom. The van der Waals surface area contributed by atoms with Crippen LogP contribution in [-0.4, -0.2) is 62.6 Å². The van der Waals surface area contributed by atoms with Crippen LogP contribution in [0.15, 0.2) is 6.33 Å². The Morgan fingerprint density at radius 3 is 2.50 bits per heavy atom. The zero-order valence-corrected chi connectivity index (χ0v) is 11.2. The van der Waals surface area contributed by atoms with Gasteiger partial charge in [-0.25, -0.2) is 4.98 Å². The monoisotopic (exact) mass is 287 g/mol. The van der Waals surface area contributed by atoms with Gasteiger partial charge in [0.15, 0.2) is 0 Å². The van der Waals surface area contributed by atoms with Crippen molar-refractivity contribution in [1.29, 1.82) is 0 Å². The number of hydrogen-bond donors (Lipinski definition) is 0. The van der Waals surface area contributed by atoms with Gasteiger partial charge in [-0.15, -0.1) is 0 Å². The van der Waals surface area contributed by atoms with E-state index in [0.29, 0.717) is 0 Å². The van der Waals surface area contributed by atoms with E-state index >= 15 is 0 Å². The Labute approximate surface area is 105 Å². The molecule has 0 saturated carbocycles. The van der Waals surface area contributed by atoms with Crippen molar-refractivity contribution in [2.24, 2.45) is 7.05 Å². The average Bonchev–Trinajstić information content (AvgIpc) is 2.68. The van der Waals surface area contributed by atoms with Crippen LogP contribution in [0.2, 0.25) is 0 Å². The van der Waals surface area contributed by atoms with Gasteiger partial charge in [0.1, 0.15) is 12.2 Å². The van der Waals surface area contributed by atoms with Crippen molar-refractivity contribution >= 4 is 15.9 Å². The van der Waals surface area contributed by atoms with Crippen molar-refractivity contribution in [2.45, 2.75) is 6.54 Å². The van der Waals surface area contributed by atoms with Gasteiger partial charge in [0.05, 0.1) is 6.54 Å². The van der Waals surface area contributed by atoms with E-state index in [0.717, 1.165) is 50.4 Å². The lowest BCUT2D eigenvalue weighted by molar-refractivity contribution is 0.129. The number of aromatic nitrogens is 3. The Balaban J connectivity index is 1.79. The van der Waals surface area contributed by atoms with Crippen LogP contribution in [0, 0.1) is 0 Å². The number of halogens is 1.